The molecule has 0 aliphatic heterocycles. The quantitative estimate of drug-likeness (QED) is 0.836. The number of hydrogen-bond acceptors (Lipinski definition) is 4. The zero-order valence-corrected chi connectivity index (χ0v) is 11.5. The monoisotopic (exact) mass is 300 g/mol. The third kappa shape index (κ3) is 3.46. The maximum Gasteiger partial charge on any atom is 0.256 e. The summed E-state index contributed by atoms with van der Waals surface area (Å²) < 4.78 is 13.4. The van der Waals surface area contributed by atoms with Crippen LogP contribution in [0.2, 0.25) is 0 Å². The van der Waals surface area contributed by atoms with Crippen LogP contribution in [0.1, 0.15) is 20.8 Å². The lowest BCUT2D eigenvalue weighted by Gasteiger charge is -2.06. The SMILES string of the molecule is N#Cc1c(F)cccc1NC(=O)c1csc(C#CCO)c1. The number of amides is 1. The standard InChI is InChI=1S/C15H9FN2O2S/c16-13-4-1-5-14(12(13)8-17)18-15(20)10-7-11(21-9-10)3-2-6-19/h1,4-5,7,9,19H,6H2,(H,18,20). The first-order valence-corrected chi connectivity index (χ1v) is 6.72. The molecule has 0 saturated heterocycles. The lowest BCUT2D eigenvalue weighted by molar-refractivity contribution is 0.102. The number of aliphatic hydroxyl groups is 1. The minimum atomic E-state index is -0.685. The van der Waals surface area contributed by atoms with Crippen molar-refractivity contribution in [3.05, 3.63) is 51.5 Å². The number of nitriles is 1. The molecule has 0 atom stereocenters. The summed E-state index contributed by atoms with van der Waals surface area (Å²) in [5.41, 5.74) is 0.272. The number of anilines is 1. The highest BCUT2D eigenvalue weighted by molar-refractivity contribution is 7.10. The third-order valence-corrected chi connectivity index (χ3v) is 3.37. The second-order valence-corrected chi connectivity index (χ2v) is 4.80. The number of thiophene rings is 1. The van der Waals surface area contributed by atoms with E-state index in [-0.39, 0.29) is 17.9 Å². The van der Waals surface area contributed by atoms with E-state index in [1.165, 1.54) is 23.5 Å². The average Bonchev–Trinajstić information content (AvgIpc) is 2.94. The maximum absolute atomic E-state index is 13.4. The molecule has 0 spiro atoms. The van der Waals surface area contributed by atoms with Gasteiger partial charge in [0.2, 0.25) is 0 Å². The predicted molar refractivity (Wildman–Crippen MR) is 77.4 cm³/mol. The van der Waals surface area contributed by atoms with Gasteiger partial charge in [-0.25, -0.2) is 4.39 Å². The van der Waals surface area contributed by atoms with Gasteiger partial charge in [-0.05, 0) is 18.2 Å². The van der Waals surface area contributed by atoms with E-state index in [1.807, 2.05) is 0 Å². The zero-order valence-electron chi connectivity index (χ0n) is 10.7. The van der Waals surface area contributed by atoms with Crippen LogP contribution in [0.5, 0.6) is 0 Å². The molecule has 1 aromatic carbocycles. The molecule has 0 radical (unpaired) electrons. The van der Waals surface area contributed by atoms with Gasteiger partial charge < -0.3 is 10.4 Å². The molecule has 0 fully saturated rings. The minimum absolute atomic E-state index is 0.122. The molecule has 2 N–H and O–H groups in total. The number of rotatable bonds is 2. The van der Waals surface area contributed by atoms with Crippen molar-refractivity contribution in [3.8, 4) is 17.9 Å². The molecule has 4 nitrogen and oxygen atoms in total. The summed E-state index contributed by atoms with van der Waals surface area (Å²) in [4.78, 5) is 12.7. The summed E-state index contributed by atoms with van der Waals surface area (Å²) >= 11 is 1.26. The second-order valence-electron chi connectivity index (χ2n) is 3.89. The van der Waals surface area contributed by atoms with E-state index < -0.39 is 11.7 Å². The summed E-state index contributed by atoms with van der Waals surface area (Å²) in [7, 11) is 0. The van der Waals surface area contributed by atoms with Crippen molar-refractivity contribution in [3.63, 3.8) is 0 Å². The third-order valence-electron chi connectivity index (χ3n) is 2.53. The molecule has 104 valence electrons. The Morgan fingerprint density at radius 2 is 2.29 bits per heavy atom. The Bertz CT molecular complexity index is 781. The van der Waals surface area contributed by atoms with Crippen LogP contribution in [-0.2, 0) is 0 Å². The number of aliphatic hydroxyl groups excluding tert-OH is 1. The topological polar surface area (TPSA) is 73.1 Å². The maximum atomic E-state index is 13.4. The Balaban J connectivity index is 2.21. The Labute approximate surface area is 124 Å². The minimum Gasteiger partial charge on any atom is -0.384 e. The molecule has 0 bridgehead atoms. The summed E-state index contributed by atoms with van der Waals surface area (Å²) in [5.74, 6) is 4.04. The molecule has 1 amide bonds. The number of nitrogens with one attached hydrogen (secondary N) is 1. The van der Waals surface area contributed by atoms with Gasteiger partial charge >= 0.3 is 0 Å². The number of carbonyl (C=O) groups is 1. The number of benzene rings is 1. The molecular weight excluding hydrogens is 291 g/mol. The fourth-order valence-electron chi connectivity index (χ4n) is 1.58. The van der Waals surface area contributed by atoms with Crippen LogP contribution in [0.4, 0.5) is 10.1 Å². The van der Waals surface area contributed by atoms with E-state index in [0.717, 1.165) is 6.07 Å². The molecule has 6 heteroatoms. The van der Waals surface area contributed by atoms with Crippen molar-refractivity contribution >= 4 is 22.9 Å². The van der Waals surface area contributed by atoms with Crippen LogP contribution >= 0.6 is 11.3 Å². The van der Waals surface area contributed by atoms with E-state index in [9.17, 15) is 9.18 Å². The Morgan fingerprint density at radius 3 is 3.00 bits per heavy atom. The van der Waals surface area contributed by atoms with Gasteiger partial charge in [-0.15, -0.1) is 11.3 Å². The van der Waals surface area contributed by atoms with Gasteiger partial charge in [0.25, 0.3) is 5.91 Å². The van der Waals surface area contributed by atoms with Crippen LogP contribution in [0.15, 0.2) is 29.6 Å². The first kappa shape index (κ1) is 14.7. The number of nitrogens with zero attached hydrogens (tertiary/aromatic N) is 1. The Hall–Kier alpha value is -2.67. The predicted octanol–water partition coefficient (Wildman–Crippen LogP) is 2.35. The van der Waals surface area contributed by atoms with Gasteiger partial charge in [0.15, 0.2) is 0 Å². The second kappa shape index (κ2) is 6.67. The van der Waals surface area contributed by atoms with Crippen molar-refractivity contribution in [2.45, 2.75) is 0 Å². The van der Waals surface area contributed by atoms with E-state index in [1.54, 1.807) is 17.5 Å². The van der Waals surface area contributed by atoms with E-state index in [0.29, 0.717) is 10.4 Å². The molecule has 21 heavy (non-hydrogen) atoms. The van der Waals surface area contributed by atoms with Gasteiger partial charge in [-0.2, -0.15) is 5.26 Å². The lowest BCUT2D eigenvalue weighted by Crippen LogP contribution is -2.12. The van der Waals surface area contributed by atoms with Gasteiger partial charge in [0.1, 0.15) is 24.1 Å². The molecular formula is C15H9FN2O2S. The molecule has 0 aliphatic carbocycles. The number of hydrogen-bond donors (Lipinski definition) is 2. The van der Waals surface area contributed by atoms with Crippen molar-refractivity contribution in [1.29, 1.82) is 5.26 Å². The number of halogens is 1. The summed E-state index contributed by atoms with van der Waals surface area (Å²) in [6, 6.07) is 7.31. The van der Waals surface area contributed by atoms with Crippen LogP contribution < -0.4 is 5.32 Å². The first-order chi connectivity index (χ1) is 10.2. The summed E-state index contributed by atoms with van der Waals surface area (Å²) in [6.07, 6.45) is 0. The fraction of sp³-hybridized carbons (Fsp3) is 0.0667. The smallest absolute Gasteiger partial charge is 0.256 e. The molecule has 1 heterocycles. The van der Waals surface area contributed by atoms with Crippen LogP contribution in [0, 0.1) is 29.0 Å². The largest absolute Gasteiger partial charge is 0.384 e. The normalized spacial score (nSPS) is 9.38. The van der Waals surface area contributed by atoms with E-state index in [2.05, 4.69) is 17.2 Å². The lowest BCUT2D eigenvalue weighted by atomic mass is 10.1. The molecule has 0 aliphatic rings. The highest BCUT2D eigenvalue weighted by Crippen LogP contribution is 2.20. The van der Waals surface area contributed by atoms with Gasteiger partial charge in [-0.3, -0.25) is 4.79 Å². The van der Waals surface area contributed by atoms with E-state index >= 15 is 0 Å². The summed E-state index contributed by atoms with van der Waals surface area (Å²) in [5, 5.41) is 21.6. The van der Waals surface area contributed by atoms with Gasteiger partial charge in [0, 0.05) is 5.38 Å². The van der Waals surface area contributed by atoms with Crippen molar-refractivity contribution in [1.82, 2.24) is 0 Å². The van der Waals surface area contributed by atoms with Gasteiger partial charge in [0.05, 0.1) is 16.1 Å². The van der Waals surface area contributed by atoms with Crippen molar-refractivity contribution < 1.29 is 14.3 Å². The first-order valence-electron chi connectivity index (χ1n) is 5.84. The highest BCUT2D eigenvalue weighted by Gasteiger charge is 2.13. The molecule has 2 aromatic rings. The molecule has 1 aromatic heterocycles. The molecule has 2 rings (SSSR count). The Kier molecular flexibility index (Phi) is 4.68. The Morgan fingerprint density at radius 1 is 1.48 bits per heavy atom. The van der Waals surface area contributed by atoms with Crippen LogP contribution in [-0.4, -0.2) is 17.6 Å². The van der Waals surface area contributed by atoms with Crippen molar-refractivity contribution in [2.75, 3.05) is 11.9 Å². The highest BCUT2D eigenvalue weighted by atomic mass is 32.1. The average molecular weight is 300 g/mol. The zero-order chi connectivity index (χ0) is 15.2. The van der Waals surface area contributed by atoms with Crippen LogP contribution in [0.25, 0.3) is 0 Å². The van der Waals surface area contributed by atoms with Crippen molar-refractivity contribution in [2.24, 2.45) is 0 Å². The van der Waals surface area contributed by atoms with Gasteiger partial charge in [-0.1, -0.05) is 17.9 Å². The number of carbonyl (C=O) groups excluding carboxylic acids is 1. The van der Waals surface area contributed by atoms with Crippen LogP contribution in [0.3, 0.4) is 0 Å². The van der Waals surface area contributed by atoms with E-state index in [4.69, 9.17) is 10.4 Å². The molecule has 0 unspecified atom stereocenters. The summed E-state index contributed by atoms with van der Waals surface area (Å²) in [6.45, 7) is -0.256. The fourth-order valence-corrected chi connectivity index (χ4v) is 2.34. The molecule has 0 saturated carbocycles.